The van der Waals surface area contributed by atoms with Crippen LogP contribution in [-0.4, -0.2) is 15.9 Å². The number of rotatable bonds is 5. The van der Waals surface area contributed by atoms with E-state index < -0.39 is 0 Å². The first-order valence-corrected chi connectivity index (χ1v) is 6.17. The first-order valence-electron chi connectivity index (χ1n) is 6.17. The van der Waals surface area contributed by atoms with Crippen LogP contribution in [0.15, 0.2) is 67.5 Å². The monoisotopic (exact) mass is 288 g/mol. The molecule has 0 aliphatic heterocycles. The summed E-state index contributed by atoms with van der Waals surface area (Å²) in [6, 6.07) is 13.0. The zero-order chi connectivity index (χ0) is 13.5. The zero-order valence-electron chi connectivity index (χ0n) is 11.1. The molecule has 1 unspecified atom stereocenters. The number of halogens is 1. The molecule has 0 aliphatic rings. The van der Waals surface area contributed by atoms with Gasteiger partial charge in [0, 0.05) is 29.9 Å². The van der Waals surface area contributed by atoms with E-state index in [2.05, 4.69) is 11.6 Å². The minimum Gasteiger partial charge on any atom is -0.623 e. The molecule has 0 radical (unpaired) electrons. The van der Waals surface area contributed by atoms with Crippen molar-refractivity contribution in [3.05, 3.63) is 83.8 Å². The van der Waals surface area contributed by atoms with Crippen LogP contribution in [0.3, 0.4) is 0 Å². The van der Waals surface area contributed by atoms with Crippen LogP contribution in [0, 0.1) is 5.21 Å². The van der Waals surface area contributed by atoms with E-state index in [-0.39, 0.29) is 18.4 Å². The molecule has 0 amide bonds. The van der Waals surface area contributed by atoms with Crippen molar-refractivity contribution in [3.63, 3.8) is 0 Å². The fourth-order valence-corrected chi connectivity index (χ4v) is 1.91. The van der Waals surface area contributed by atoms with E-state index in [1.165, 1.54) is 0 Å². The van der Waals surface area contributed by atoms with Crippen molar-refractivity contribution >= 4 is 18.6 Å². The molecule has 0 saturated heterocycles. The van der Waals surface area contributed by atoms with Crippen LogP contribution >= 0.6 is 12.4 Å². The third-order valence-corrected chi connectivity index (χ3v) is 2.86. The molecule has 0 saturated carbocycles. The molecule has 20 heavy (non-hydrogen) atoms. The largest absolute Gasteiger partial charge is 0.623 e. The lowest BCUT2D eigenvalue weighted by atomic mass is 10.1. The van der Waals surface area contributed by atoms with E-state index in [1.54, 1.807) is 24.7 Å². The molecule has 2 rings (SSSR count). The second-order valence-electron chi connectivity index (χ2n) is 4.22. The van der Waals surface area contributed by atoms with Gasteiger partial charge in [-0.15, -0.1) is 19.0 Å². The predicted octanol–water partition coefficient (Wildman–Crippen LogP) is 3.75. The topological polar surface area (TPSA) is 39.0 Å². The fraction of sp³-hybridized carbons (Fsp3) is 0.125. The number of nitrogens with zero attached hydrogens (tertiary/aromatic N) is 2. The van der Waals surface area contributed by atoms with Crippen LogP contribution in [0.5, 0.6) is 0 Å². The van der Waals surface area contributed by atoms with Crippen molar-refractivity contribution in [2.24, 2.45) is 0 Å². The third kappa shape index (κ3) is 4.21. The summed E-state index contributed by atoms with van der Waals surface area (Å²) in [6.07, 6.45) is 7.35. The van der Waals surface area contributed by atoms with E-state index >= 15 is 0 Å². The normalized spacial score (nSPS) is 12.3. The maximum absolute atomic E-state index is 12.3. The van der Waals surface area contributed by atoms with Crippen LogP contribution in [0.2, 0.25) is 0 Å². The quantitative estimate of drug-likeness (QED) is 0.276. The number of hydrogen-bond acceptors (Lipinski definition) is 2. The van der Waals surface area contributed by atoms with Crippen LogP contribution in [-0.2, 0) is 0 Å². The molecule has 2 aromatic rings. The average Bonchev–Trinajstić information content (AvgIpc) is 2.46. The summed E-state index contributed by atoms with van der Waals surface area (Å²) in [6.45, 7) is 3.72. The lowest BCUT2D eigenvalue weighted by molar-refractivity contribution is -0.502. The fourth-order valence-electron chi connectivity index (χ4n) is 1.91. The second-order valence-corrected chi connectivity index (χ2v) is 4.22. The van der Waals surface area contributed by atoms with Crippen LogP contribution in [0.1, 0.15) is 23.6 Å². The molecule has 104 valence electrons. The lowest BCUT2D eigenvalue weighted by Gasteiger charge is -2.15. The summed E-state index contributed by atoms with van der Waals surface area (Å²) in [5, 5.41) is 12.3. The number of aromatic nitrogens is 1. The van der Waals surface area contributed by atoms with E-state index in [0.29, 0.717) is 6.42 Å². The highest BCUT2D eigenvalue weighted by Crippen LogP contribution is 2.20. The molecule has 1 heterocycles. The van der Waals surface area contributed by atoms with Gasteiger partial charge in [0.1, 0.15) is 0 Å². The minimum atomic E-state index is -0.263. The molecule has 0 spiro atoms. The molecule has 0 N–H and O–H groups in total. The van der Waals surface area contributed by atoms with Gasteiger partial charge < -0.3 is 5.21 Å². The van der Waals surface area contributed by atoms with Crippen molar-refractivity contribution < 1.29 is 4.74 Å². The lowest BCUT2D eigenvalue weighted by Crippen LogP contribution is -2.14. The summed E-state index contributed by atoms with van der Waals surface area (Å²) in [4.78, 5) is 3.97. The Labute approximate surface area is 125 Å². The average molecular weight is 289 g/mol. The summed E-state index contributed by atoms with van der Waals surface area (Å²) in [7, 11) is 0. The van der Waals surface area contributed by atoms with Crippen molar-refractivity contribution in [1.82, 2.24) is 4.98 Å². The minimum absolute atomic E-state index is 0. The first kappa shape index (κ1) is 15.9. The second kappa shape index (κ2) is 8.12. The Bertz CT molecular complexity index is 555. The third-order valence-electron chi connectivity index (χ3n) is 2.86. The molecular formula is C16H17ClN2O. The Morgan fingerprint density at radius 3 is 2.40 bits per heavy atom. The standard InChI is InChI=1S/C16H16N2O.ClH/c1-2-6-16(15-9-11-17-12-10-15)18(19)13-14-7-4-3-5-8-14;/h2-5,7-13,16H,1,6H2;1H/b18-13+;. The summed E-state index contributed by atoms with van der Waals surface area (Å²) >= 11 is 0. The Morgan fingerprint density at radius 2 is 1.80 bits per heavy atom. The highest BCUT2D eigenvalue weighted by Gasteiger charge is 2.16. The zero-order valence-corrected chi connectivity index (χ0v) is 11.9. The Hall–Kier alpha value is -2.13. The molecule has 0 aliphatic carbocycles. The molecular weight excluding hydrogens is 272 g/mol. The van der Waals surface area contributed by atoms with E-state index in [1.807, 2.05) is 42.5 Å². The van der Waals surface area contributed by atoms with E-state index in [4.69, 9.17) is 0 Å². The van der Waals surface area contributed by atoms with Gasteiger partial charge in [0.15, 0.2) is 12.3 Å². The van der Waals surface area contributed by atoms with Crippen molar-refractivity contribution in [2.75, 3.05) is 0 Å². The van der Waals surface area contributed by atoms with Gasteiger partial charge >= 0.3 is 0 Å². The van der Waals surface area contributed by atoms with Crippen molar-refractivity contribution in [1.29, 1.82) is 0 Å². The van der Waals surface area contributed by atoms with Gasteiger partial charge in [-0.2, -0.15) is 0 Å². The molecule has 1 atom stereocenters. The predicted molar refractivity (Wildman–Crippen MR) is 84.3 cm³/mol. The molecule has 1 aromatic heterocycles. The highest BCUT2D eigenvalue weighted by atomic mass is 35.5. The molecule has 1 aromatic carbocycles. The van der Waals surface area contributed by atoms with Crippen molar-refractivity contribution in [3.8, 4) is 0 Å². The maximum Gasteiger partial charge on any atom is 0.192 e. The van der Waals surface area contributed by atoms with Gasteiger partial charge in [0.2, 0.25) is 0 Å². The SMILES string of the molecule is C=CCC(c1ccncc1)/[N+]([O-])=C\c1ccccc1.Cl. The van der Waals surface area contributed by atoms with E-state index in [9.17, 15) is 5.21 Å². The van der Waals surface area contributed by atoms with Crippen LogP contribution in [0.4, 0.5) is 0 Å². The molecule has 0 bridgehead atoms. The van der Waals surface area contributed by atoms with Gasteiger partial charge in [-0.3, -0.25) is 4.98 Å². The first-order chi connectivity index (χ1) is 9.31. The summed E-state index contributed by atoms with van der Waals surface area (Å²) < 4.78 is 0.979. The van der Waals surface area contributed by atoms with Gasteiger partial charge in [0.25, 0.3) is 0 Å². The smallest absolute Gasteiger partial charge is 0.192 e. The van der Waals surface area contributed by atoms with Gasteiger partial charge in [-0.25, -0.2) is 4.74 Å². The maximum atomic E-state index is 12.3. The van der Waals surface area contributed by atoms with Crippen molar-refractivity contribution in [2.45, 2.75) is 12.5 Å². The number of benzene rings is 1. The van der Waals surface area contributed by atoms with Gasteiger partial charge in [-0.1, -0.05) is 24.3 Å². The summed E-state index contributed by atoms with van der Waals surface area (Å²) in [5.41, 5.74) is 1.83. The molecule has 3 nitrogen and oxygen atoms in total. The molecule has 0 fully saturated rings. The number of hydrogen-bond donors (Lipinski definition) is 0. The van der Waals surface area contributed by atoms with Gasteiger partial charge in [-0.05, 0) is 24.3 Å². The van der Waals surface area contributed by atoms with Crippen LogP contribution < -0.4 is 0 Å². The Kier molecular flexibility index (Phi) is 6.47. The van der Waals surface area contributed by atoms with Gasteiger partial charge in [0.05, 0.1) is 0 Å². The Balaban J connectivity index is 0.00000200. The number of hydroxylamine groups is 1. The Morgan fingerprint density at radius 1 is 1.15 bits per heavy atom. The highest BCUT2D eigenvalue weighted by molar-refractivity contribution is 5.85. The van der Waals surface area contributed by atoms with E-state index in [0.717, 1.165) is 15.9 Å². The summed E-state index contributed by atoms with van der Waals surface area (Å²) in [5.74, 6) is 0. The molecule has 4 heteroatoms. The number of pyridine rings is 1. The van der Waals surface area contributed by atoms with Crippen LogP contribution in [0.25, 0.3) is 0 Å².